The molecule has 0 aromatic heterocycles. The molecule has 3 rings (SSSR count). The van der Waals surface area contributed by atoms with Gasteiger partial charge in [-0.2, -0.15) is 0 Å². The van der Waals surface area contributed by atoms with E-state index < -0.39 is 11.9 Å². The third kappa shape index (κ3) is 4.07. The second-order valence-electron chi connectivity index (χ2n) is 5.87. The number of halogens is 3. The first-order chi connectivity index (χ1) is 11.0. The van der Waals surface area contributed by atoms with Gasteiger partial charge in [-0.05, 0) is 30.2 Å². The Bertz CT molecular complexity index is 717. The number of benzene rings is 2. The Morgan fingerprint density at radius 2 is 1.92 bits per heavy atom. The summed E-state index contributed by atoms with van der Waals surface area (Å²) in [5.74, 6) is -0.437. The van der Waals surface area contributed by atoms with Crippen molar-refractivity contribution >= 4 is 29.9 Å². The van der Waals surface area contributed by atoms with Crippen LogP contribution in [0.15, 0.2) is 42.5 Å². The summed E-state index contributed by atoms with van der Waals surface area (Å²) in [5.41, 5.74) is 2.74. The van der Waals surface area contributed by atoms with Crippen LogP contribution in [0.1, 0.15) is 22.7 Å². The molecular weight excluding hydrogens is 350 g/mol. The van der Waals surface area contributed by atoms with Gasteiger partial charge in [0.05, 0.1) is 12.0 Å². The van der Waals surface area contributed by atoms with E-state index in [-0.39, 0.29) is 24.2 Å². The van der Waals surface area contributed by atoms with Crippen LogP contribution in [0.5, 0.6) is 0 Å². The zero-order valence-corrected chi connectivity index (χ0v) is 14.8. The Balaban J connectivity index is 0.00000208. The molecule has 0 spiro atoms. The van der Waals surface area contributed by atoms with E-state index in [0.29, 0.717) is 23.7 Å². The first kappa shape index (κ1) is 18.7. The van der Waals surface area contributed by atoms with Crippen molar-refractivity contribution in [3.05, 3.63) is 70.0 Å². The van der Waals surface area contributed by atoms with E-state index in [1.54, 1.807) is 6.07 Å². The lowest BCUT2D eigenvalue weighted by Gasteiger charge is -2.29. The van der Waals surface area contributed by atoms with Crippen LogP contribution < -0.4 is 10.6 Å². The second kappa shape index (κ2) is 7.97. The minimum atomic E-state index is -0.393. The number of rotatable bonds is 4. The fraction of sp³-hybridized carbons (Fsp3) is 0.278. The maximum atomic E-state index is 13.3. The molecule has 2 N–H and O–H groups in total. The molecule has 0 radical (unpaired) electrons. The van der Waals surface area contributed by atoms with E-state index in [0.717, 1.165) is 11.1 Å². The quantitative estimate of drug-likeness (QED) is 0.864. The number of nitrogens with one attached hydrogen (secondary N) is 2. The highest BCUT2D eigenvalue weighted by atomic mass is 35.5. The zero-order chi connectivity index (χ0) is 16.4. The van der Waals surface area contributed by atoms with Crippen molar-refractivity contribution in [3.8, 4) is 0 Å². The first-order valence-corrected chi connectivity index (χ1v) is 7.95. The Hall–Kier alpha value is -1.62. The molecule has 1 atom stereocenters. The molecule has 128 valence electrons. The molecule has 2 aromatic rings. The van der Waals surface area contributed by atoms with Crippen LogP contribution >= 0.6 is 24.0 Å². The lowest BCUT2D eigenvalue weighted by atomic mass is 9.95. The molecule has 24 heavy (non-hydrogen) atoms. The Morgan fingerprint density at radius 3 is 2.46 bits per heavy atom. The standard InChI is InChI=1S/C18H18ClFN2O.ClH/c1-11-2-4-12(5-3-11)17(22-18(23)13-9-21-10-13)15-7-6-14(20)8-16(15)19;/h2-8,13,17,21H,9-10H2,1H3,(H,22,23);1H. The lowest BCUT2D eigenvalue weighted by molar-refractivity contribution is -0.126. The number of amides is 1. The number of hydrogen-bond donors (Lipinski definition) is 2. The van der Waals surface area contributed by atoms with Crippen LogP contribution in [0.25, 0.3) is 0 Å². The Labute approximate surface area is 152 Å². The second-order valence-corrected chi connectivity index (χ2v) is 6.28. The van der Waals surface area contributed by atoms with Gasteiger partial charge in [-0.25, -0.2) is 4.39 Å². The van der Waals surface area contributed by atoms with Crippen LogP contribution in [0.4, 0.5) is 4.39 Å². The van der Waals surface area contributed by atoms with Crippen LogP contribution in [0.3, 0.4) is 0 Å². The smallest absolute Gasteiger partial charge is 0.226 e. The number of hydrogen-bond acceptors (Lipinski definition) is 2. The van der Waals surface area contributed by atoms with Gasteiger partial charge in [-0.1, -0.05) is 47.5 Å². The predicted molar refractivity (Wildman–Crippen MR) is 96.2 cm³/mol. The maximum Gasteiger partial charge on any atom is 0.226 e. The normalized spacial score (nSPS) is 15.1. The van der Waals surface area contributed by atoms with Crippen molar-refractivity contribution in [1.82, 2.24) is 10.6 Å². The first-order valence-electron chi connectivity index (χ1n) is 7.57. The molecule has 0 saturated carbocycles. The minimum absolute atomic E-state index is 0. The summed E-state index contributed by atoms with van der Waals surface area (Å²) in [4.78, 5) is 12.4. The third-order valence-electron chi connectivity index (χ3n) is 4.12. The summed E-state index contributed by atoms with van der Waals surface area (Å²) in [7, 11) is 0. The summed E-state index contributed by atoms with van der Waals surface area (Å²) in [5, 5.41) is 6.44. The number of carbonyl (C=O) groups is 1. The highest BCUT2D eigenvalue weighted by Gasteiger charge is 2.28. The molecule has 1 heterocycles. The monoisotopic (exact) mass is 368 g/mol. The molecular formula is C18H19Cl2FN2O. The van der Waals surface area contributed by atoms with Gasteiger partial charge < -0.3 is 10.6 Å². The predicted octanol–water partition coefficient (Wildman–Crippen LogP) is 3.63. The highest BCUT2D eigenvalue weighted by Crippen LogP contribution is 2.29. The summed E-state index contributed by atoms with van der Waals surface area (Å²) in [6, 6.07) is 11.7. The number of carbonyl (C=O) groups excluding carboxylic acids is 1. The molecule has 1 aliphatic heterocycles. The van der Waals surface area contributed by atoms with Gasteiger partial charge >= 0.3 is 0 Å². The SMILES string of the molecule is Cc1ccc(C(NC(=O)C2CNC2)c2ccc(F)cc2Cl)cc1.Cl. The van der Waals surface area contributed by atoms with Gasteiger partial charge in [0.15, 0.2) is 0 Å². The van der Waals surface area contributed by atoms with E-state index in [4.69, 9.17) is 11.6 Å². The average Bonchev–Trinajstić information content (AvgIpc) is 2.44. The molecule has 2 aromatic carbocycles. The Kier molecular flexibility index (Phi) is 6.21. The van der Waals surface area contributed by atoms with Gasteiger partial charge in [0.1, 0.15) is 5.82 Å². The van der Waals surface area contributed by atoms with Crippen molar-refractivity contribution in [2.75, 3.05) is 13.1 Å². The van der Waals surface area contributed by atoms with Crippen LogP contribution in [0, 0.1) is 18.7 Å². The Morgan fingerprint density at radius 1 is 1.25 bits per heavy atom. The van der Waals surface area contributed by atoms with E-state index in [9.17, 15) is 9.18 Å². The molecule has 1 aliphatic rings. The summed E-state index contributed by atoms with van der Waals surface area (Å²) >= 11 is 6.21. The van der Waals surface area contributed by atoms with Gasteiger partial charge in [-0.3, -0.25) is 4.79 Å². The molecule has 1 amide bonds. The topological polar surface area (TPSA) is 41.1 Å². The average molecular weight is 369 g/mol. The highest BCUT2D eigenvalue weighted by molar-refractivity contribution is 6.31. The van der Waals surface area contributed by atoms with Crippen LogP contribution in [-0.2, 0) is 4.79 Å². The molecule has 1 unspecified atom stereocenters. The van der Waals surface area contributed by atoms with E-state index in [2.05, 4.69) is 10.6 Å². The molecule has 6 heteroatoms. The van der Waals surface area contributed by atoms with Crippen molar-refractivity contribution in [2.45, 2.75) is 13.0 Å². The molecule has 0 aliphatic carbocycles. The van der Waals surface area contributed by atoms with Gasteiger partial charge in [0.25, 0.3) is 0 Å². The van der Waals surface area contributed by atoms with E-state index >= 15 is 0 Å². The summed E-state index contributed by atoms with van der Waals surface area (Å²) in [6.45, 7) is 3.37. The minimum Gasteiger partial charge on any atom is -0.345 e. The molecule has 1 saturated heterocycles. The summed E-state index contributed by atoms with van der Waals surface area (Å²) < 4.78 is 13.3. The largest absolute Gasteiger partial charge is 0.345 e. The molecule has 3 nitrogen and oxygen atoms in total. The zero-order valence-electron chi connectivity index (χ0n) is 13.2. The van der Waals surface area contributed by atoms with E-state index in [1.807, 2.05) is 31.2 Å². The van der Waals surface area contributed by atoms with Crippen molar-refractivity contribution in [2.24, 2.45) is 5.92 Å². The fourth-order valence-electron chi connectivity index (χ4n) is 2.57. The third-order valence-corrected chi connectivity index (χ3v) is 4.45. The van der Waals surface area contributed by atoms with Crippen LogP contribution in [-0.4, -0.2) is 19.0 Å². The number of aryl methyl sites for hydroxylation is 1. The molecule has 0 bridgehead atoms. The van der Waals surface area contributed by atoms with Gasteiger partial charge in [0, 0.05) is 18.1 Å². The maximum absolute atomic E-state index is 13.3. The van der Waals surface area contributed by atoms with Crippen LogP contribution in [0.2, 0.25) is 5.02 Å². The van der Waals surface area contributed by atoms with E-state index in [1.165, 1.54) is 12.1 Å². The van der Waals surface area contributed by atoms with Crippen molar-refractivity contribution in [1.29, 1.82) is 0 Å². The van der Waals surface area contributed by atoms with Gasteiger partial charge in [0.2, 0.25) is 5.91 Å². The lowest BCUT2D eigenvalue weighted by Crippen LogP contribution is -2.51. The molecule has 1 fully saturated rings. The van der Waals surface area contributed by atoms with Crippen molar-refractivity contribution in [3.63, 3.8) is 0 Å². The summed E-state index contributed by atoms with van der Waals surface area (Å²) in [6.07, 6.45) is 0. The fourth-order valence-corrected chi connectivity index (χ4v) is 2.85. The van der Waals surface area contributed by atoms with Gasteiger partial charge in [-0.15, -0.1) is 12.4 Å². The van der Waals surface area contributed by atoms with Crippen molar-refractivity contribution < 1.29 is 9.18 Å².